The van der Waals surface area contributed by atoms with E-state index in [0.29, 0.717) is 10.9 Å². The molecule has 3 N–H and O–H groups in total. The van der Waals surface area contributed by atoms with Gasteiger partial charge < -0.3 is 10.4 Å². The van der Waals surface area contributed by atoms with E-state index in [-0.39, 0.29) is 29.6 Å². The number of H-pyrrole nitrogens is 1. The molecule has 4 rings (SSSR count). The third-order valence-corrected chi connectivity index (χ3v) is 5.25. The first-order chi connectivity index (χ1) is 10.2. The number of hydrogen-bond donors (Lipinski definition) is 3. The molecular formula is C12H13N5O3S. The molecule has 2 fully saturated rings. The van der Waals surface area contributed by atoms with Crippen molar-refractivity contribution < 1.29 is 14.7 Å². The van der Waals surface area contributed by atoms with Gasteiger partial charge in [0.1, 0.15) is 18.1 Å². The number of carbonyl (C=O) groups excluding carboxylic acids is 1. The van der Waals surface area contributed by atoms with Crippen molar-refractivity contribution in [2.24, 2.45) is 5.92 Å². The first kappa shape index (κ1) is 12.8. The predicted octanol–water partition coefficient (Wildman–Crippen LogP) is -0.562. The van der Waals surface area contributed by atoms with E-state index in [1.54, 1.807) is 0 Å². The van der Waals surface area contributed by atoms with E-state index in [1.807, 2.05) is 0 Å². The van der Waals surface area contributed by atoms with Crippen molar-refractivity contribution in [3.63, 3.8) is 0 Å². The molecule has 110 valence electrons. The molecule has 1 aromatic rings. The molecule has 0 bridgehead atoms. The summed E-state index contributed by atoms with van der Waals surface area (Å²) in [7, 11) is 0. The van der Waals surface area contributed by atoms with E-state index in [9.17, 15) is 14.7 Å². The van der Waals surface area contributed by atoms with Crippen molar-refractivity contribution in [3.8, 4) is 0 Å². The predicted molar refractivity (Wildman–Crippen MR) is 72.3 cm³/mol. The number of amides is 1. The van der Waals surface area contributed by atoms with E-state index >= 15 is 0 Å². The topological polar surface area (TPSA) is 111 Å². The second kappa shape index (κ2) is 4.57. The van der Waals surface area contributed by atoms with Crippen LogP contribution in [0.1, 0.15) is 6.42 Å². The second-order valence-electron chi connectivity index (χ2n) is 5.28. The fourth-order valence-corrected chi connectivity index (χ4v) is 4.37. The minimum absolute atomic E-state index is 0.0253. The smallest absolute Gasteiger partial charge is 0.352 e. The van der Waals surface area contributed by atoms with E-state index in [0.717, 1.165) is 18.5 Å². The summed E-state index contributed by atoms with van der Waals surface area (Å²) < 4.78 is 0. The molecule has 0 saturated carbocycles. The van der Waals surface area contributed by atoms with Crippen LogP contribution in [-0.2, 0) is 9.59 Å². The summed E-state index contributed by atoms with van der Waals surface area (Å²) in [6.45, 7) is 0.745. The Labute approximate surface area is 124 Å². The maximum Gasteiger partial charge on any atom is 0.352 e. The summed E-state index contributed by atoms with van der Waals surface area (Å²) in [6.07, 6.45) is 2.27. The number of carbonyl (C=O) groups is 2. The molecule has 3 atom stereocenters. The van der Waals surface area contributed by atoms with Crippen LogP contribution in [0, 0.1) is 5.92 Å². The molecule has 8 nitrogen and oxygen atoms in total. The number of carboxylic acid groups (broad SMARTS) is 1. The molecule has 1 unspecified atom stereocenters. The van der Waals surface area contributed by atoms with Crippen LogP contribution in [0.3, 0.4) is 0 Å². The van der Waals surface area contributed by atoms with Crippen LogP contribution >= 0.6 is 11.8 Å². The Morgan fingerprint density at radius 1 is 1.57 bits per heavy atom. The lowest BCUT2D eigenvalue weighted by molar-refractivity contribution is -0.154. The zero-order valence-corrected chi connectivity index (χ0v) is 11.8. The largest absolute Gasteiger partial charge is 0.477 e. The van der Waals surface area contributed by atoms with Crippen LogP contribution in [0.4, 0.5) is 0 Å². The zero-order valence-electron chi connectivity index (χ0n) is 10.9. The molecule has 1 amide bonds. The first-order valence-electron chi connectivity index (χ1n) is 6.69. The number of piperidine rings is 1. The van der Waals surface area contributed by atoms with Gasteiger partial charge in [-0.1, -0.05) is 11.8 Å². The molecule has 0 aromatic carbocycles. The number of aromatic nitrogens is 3. The Kier molecular flexibility index (Phi) is 2.79. The summed E-state index contributed by atoms with van der Waals surface area (Å²) in [5, 5.41) is 19.8. The molecule has 0 spiro atoms. The number of nitrogens with one attached hydrogen (secondary N) is 2. The maximum absolute atomic E-state index is 12.1. The van der Waals surface area contributed by atoms with Crippen LogP contribution in [0.2, 0.25) is 0 Å². The first-order valence-corrected chi connectivity index (χ1v) is 7.68. The Balaban J connectivity index is 1.65. The van der Waals surface area contributed by atoms with Crippen molar-refractivity contribution in [1.29, 1.82) is 0 Å². The molecule has 3 aliphatic heterocycles. The molecule has 4 heterocycles. The molecule has 1 aromatic heterocycles. The van der Waals surface area contributed by atoms with Crippen molar-refractivity contribution in [2.75, 3.05) is 12.3 Å². The number of carboxylic acids is 1. The Hall–Kier alpha value is -1.87. The highest BCUT2D eigenvalue weighted by Gasteiger charge is 2.60. The van der Waals surface area contributed by atoms with Gasteiger partial charge in [-0.25, -0.2) is 9.78 Å². The van der Waals surface area contributed by atoms with Gasteiger partial charge in [0.15, 0.2) is 5.16 Å². The molecule has 3 aliphatic rings. The van der Waals surface area contributed by atoms with Gasteiger partial charge in [-0.2, -0.15) is 5.10 Å². The monoisotopic (exact) mass is 307 g/mol. The van der Waals surface area contributed by atoms with E-state index < -0.39 is 5.97 Å². The summed E-state index contributed by atoms with van der Waals surface area (Å²) in [5.41, 5.74) is 1.01. The van der Waals surface area contributed by atoms with Crippen molar-refractivity contribution in [3.05, 3.63) is 17.6 Å². The van der Waals surface area contributed by atoms with Crippen LogP contribution in [0.5, 0.6) is 0 Å². The zero-order chi connectivity index (χ0) is 14.6. The van der Waals surface area contributed by atoms with Gasteiger partial charge in [0.2, 0.25) is 5.91 Å². The lowest BCUT2D eigenvalue weighted by Gasteiger charge is -2.48. The number of aliphatic carboxylic acids is 1. The highest BCUT2D eigenvalue weighted by atomic mass is 32.2. The van der Waals surface area contributed by atoms with E-state index in [4.69, 9.17) is 0 Å². The van der Waals surface area contributed by atoms with Gasteiger partial charge in [-0.15, -0.1) is 0 Å². The van der Waals surface area contributed by atoms with Gasteiger partial charge in [0, 0.05) is 11.7 Å². The molecule has 21 heavy (non-hydrogen) atoms. The normalized spacial score (nSPS) is 30.4. The molecular weight excluding hydrogens is 294 g/mol. The van der Waals surface area contributed by atoms with Gasteiger partial charge in [-0.05, 0) is 18.5 Å². The van der Waals surface area contributed by atoms with Crippen LogP contribution in [0.15, 0.2) is 22.8 Å². The van der Waals surface area contributed by atoms with E-state index in [2.05, 4.69) is 20.5 Å². The number of rotatable bonds is 4. The molecule has 9 heteroatoms. The van der Waals surface area contributed by atoms with Crippen molar-refractivity contribution in [2.45, 2.75) is 23.7 Å². The van der Waals surface area contributed by atoms with Gasteiger partial charge in [-0.3, -0.25) is 14.8 Å². The summed E-state index contributed by atoms with van der Waals surface area (Å²) >= 11 is 1.41. The third kappa shape index (κ3) is 1.74. The minimum Gasteiger partial charge on any atom is -0.477 e. The fraction of sp³-hybridized carbons (Fsp3) is 0.500. The Morgan fingerprint density at radius 2 is 2.43 bits per heavy atom. The third-order valence-electron chi connectivity index (χ3n) is 4.33. The molecule has 0 aliphatic carbocycles. The Morgan fingerprint density at radius 3 is 3.14 bits per heavy atom. The SMILES string of the molecule is O=C(O)C1=C(CSc2ncn[nH]2)C2CCN[C@@H]3C(=O)N1[C@H]23. The van der Waals surface area contributed by atoms with Gasteiger partial charge in [0.05, 0.1) is 6.04 Å². The quantitative estimate of drug-likeness (QED) is 0.505. The maximum atomic E-state index is 12.1. The average Bonchev–Trinajstić information content (AvgIpc) is 3.08. The van der Waals surface area contributed by atoms with Crippen LogP contribution in [-0.4, -0.2) is 61.4 Å². The van der Waals surface area contributed by atoms with Crippen LogP contribution < -0.4 is 5.32 Å². The van der Waals surface area contributed by atoms with Crippen molar-refractivity contribution >= 4 is 23.6 Å². The minimum atomic E-state index is -1.02. The number of nitrogens with zero attached hydrogens (tertiary/aromatic N) is 3. The second-order valence-corrected chi connectivity index (χ2v) is 6.25. The molecule has 0 radical (unpaired) electrons. The summed E-state index contributed by atoms with van der Waals surface area (Å²) in [4.78, 5) is 29.1. The van der Waals surface area contributed by atoms with Gasteiger partial charge in [0.25, 0.3) is 0 Å². The lowest BCUT2D eigenvalue weighted by atomic mass is 9.80. The molecule has 2 saturated heterocycles. The highest BCUT2D eigenvalue weighted by molar-refractivity contribution is 7.99. The highest BCUT2D eigenvalue weighted by Crippen LogP contribution is 2.47. The van der Waals surface area contributed by atoms with Crippen LogP contribution in [0.25, 0.3) is 0 Å². The number of aromatic amines is 1. The Bertz CT molecular complexity index is 643. The summed E-state index contributed by atoms with van der Waals surface area (Å²) in [6, 6.07) is -0.242. The van der Waals surface area contributed by atoms with Gasteiger partial charge >= 0.3 is 5.97 Å². The fourth-order valence-electron chi connectivity index (χ4n) is 3.49. The standard InChI is InChI=1S/C12H13N5O3S/c18-10-7-8-5(1-2-13-7)6(9(11(19)20)17(8)10)3-21-12-14-4-15-16-12/h4-5,7-8,13H,1-3H2,(H,19,20)(H,14,15,16)/t5?,7-,8+/m0/s1. The lowest BCUT2D eigenvalue weighted by Crippen LogP contribution is -2.71. The number of thioether (sulfide) groups is 1. The van der Waals surface area contributed by atoms with Crippen molar-refractivity contribution in [1.82, 2.24) is 25.4 Å². The summed E-state index contributed by atoms with van der Waals surface area (Å²) in [5.74, 6) is -0.504. The number of β-lactam (4-membered cyclic amide) rings is 1. The average molecular weight is 307 g/mol. The number of hydrogen-bond acceptors (Lipinski definition) is 6. The van der Waals surface area contributed by atoms with E-state index in [1.165, 1.54) is 23.0 Å².